The third-order valence-electron chi connectivity index (χ3n) is 4.78. The predicted molar refractivity (Wildman–Crippen MR) is 89.6 cm³/mol. The van der Waals surface area contributed by atoms with Crippen molar-refractivity contribution >= 4 is 18.6 Å². The Kier molecular flexibility index (Phi) is 5.55. The van der Waals surface area contributed by atoms with E-state index in [-0.39, 0.29) is 5.46 Å². The largest absolute Gasteiger partial charge is 0.497 e. The number of methoxy groups -OCH3 is 1. The van der Waals surface area contributed by atoms with Gasteiger partial charge >= 0.3 is 19.3 Å². The molecule has 1 heterocycles. The molecular formula is C17H21BF4O5. The van der Waals surface area contributed by atoms with Crippen LogP contribution in [0.5, 0.6) is 5.75 Å². The zero-order chi connectivity index (χ0) is 20.8. The van der Waals surface area contributed by atoms with Crippen LogP contribution in [-0.2, 0) is 14.0 Å². The molecule has 0 aliphatic carbocycles. The molecular weight excluding hydrogens is 371 g/mol. The van der Waals surface area contributed by atoms with Gasteiger partial charge in [-0.1, -0.05) is 0 Å². The Bertz CT molecular complexity index is 717. The number of rotatable bonds is 4. The summed E-state index contributed by atoms with van der Waals surface area (Å²) in [5, 5.41) is 0. The minimum absolute atomic E-state index is 0.175. The lowest BCUT2D eigenvalue weighted by Gasteiger charge is -2.32. The molecule has 0 spiro atoms. The van der Waals surface area contributed by atoms with Crippen LogP contribution in [0.4, 0.5) is 17.6 Å². The Hall–Kier alpha value is -1.81. The Morgan fingerprint density at radius 1 is 1.15 bits per heavy atom. The molecule has 0 saturated carbocycles. The van der Waals surface area contributed by atoms with Crippen molar-refractivity contribution in [2.24, 2.45) is 0 Å². The molecule has 10 heteroatoms. The van der Waals surface area contributed by atoms with Crippen molar-refractivity contribution in [3.63, 3.8) is 0 Å². The highest BCUT2D eigenvalue weighted by molar-refractivity contribution is 6.62. The molecule has 1 aromatic carbocycles. The van der Waals surface area contributed by atoms with Crippen LogP contribution in [0.3, 0.4) is 0 Å². The molecule has 0 radical (unpaired) electrons. The zero-order valence-corrected chi connectivity index (χ0v) is 15.9. The first-order chi connectivity index (χ1) is 12.2. The van der Waals surface area contributed by atoms with Gasteiger partial charge in [0.25, 0.3) is 0 Å². The molecule has 0 amide bonds. The molecule has 5 nitrogen and oxygen atoms in total. The lowest BCUT2D eigenvalue weighted by atomic mass is 9.78. The van der Waals surface area contributed by atoms with Gasteiger partial charge in [0.05, 0.1) is 18.3 Å². The molecule has 2 rings (SSSR count). The fourth-order valence-electron chi connectivity index (χ4n) is 2.34. The van der Waals surface area contributed by atoms with E-state index in [0.29, 0.717) is 0 Å². The van der Waals surface area contributed by atoms with Gasteiger partial charge < -0.3 is 18.8 Å². The van der Waals surface area contributed by atoms with Crippen LogP contribution >= 0.6 is 0 Å². The van der Waals surface area contributed by atoms with Gasteiger partial charge in [-0.05, 0) is 46.8 Å². The van der Waals surface area contributed by atoms with E-state index in [0.717, 1.165) is 26.2 Å². The second-order valence-electron chi connectivity index (χ2n) is 7.25. The van der Waals surface area contributed by atoms with E-state index in [4.69, 9.17) is 14.0 Å². The number of ether oxygens (including phenoxy) is 2. The highest BCUT2D eigenvalue weighted by Crippen LogP contribution is 2.37. The van der Waals surface area contributed by atoms with Crippen LogP contribution in [-0.4, -0.2) is 43.7 Å². The molecule has 1 aliphatic rings. The number of esters is 1. The summed E-state index contributed by atoms with van der Waals surface area (Å²) < 4.78 is 74.1. The Morgan fingerprint density at radius 3 is 2.11 bits per heavy atom. The average molecular weight is 392 g/mol. The van der Waals surface area contributed by atoms with E-state index >= 15 is 0 Å². The van der Waals surface area contributed by atoms with Crippen molar-refractivity contribution in [3.8, 4) is 5.75 Å². The summed E-state index contributed by atoms with van der Waals surface area (Å²) in [6.07, 6.45) is -6.90. The molecule has 0 N–H and O–H groups in total. The zero-order valence-electron chi connectivity index (χ0n) is 15.9. The van der Waals surface area contributed by atoms with Crippen LogP contribution in [0.1, 0.15) is 45.0 Å². The lowest BCUT2D eigenvalue weighted by Crippen LogP contribution is -2.41. The van der Waals surface area contributed by atoms with Crippen molar-refractivity contribution in [2.75, 3.05) is 7.11 Å². The molecule has 27 heavy (non-hydrogen) atoms. The fourth-order valence-corrected chi connectivity index (χ4v) is 2.34. The van der Waals surface area contributed by atoms with Crippen LogP contribution in [0, 0.1) is 5.82 Å². The molecule has 1 saturated heterocycles. The number of hydrogen-bond acceptors (Lipinski definition) is 5. The van der Waals surface area contributed by atoms with Gasteiger partial charge in [0, 0.05) is 5.46 Å². The first-order valence-corrected chi connectivity index (χ1v) is 8.20. The third kappa shape index (κ3) is 4.21. The number of carbonyl (C=O) groups excluding carboxylic acids is 1. The second kappa shape index (κ2) is 6.98. The first-order valence-electron chi connectivity index (χ1n) is 8.20. The molecule has 1 unspecified atom stereocenters. The van der Waals surface area contributed by atoms with Crippen molar-refractivity contribution in [1.29, 1.82) is 0 Å². The minimum Gasteiger partial charge on any atom is -0.480 e. The van der Waals surface area contributed by atoms with E-state index in [1.807, 2.05) is 0 Å². The first kappa shape index (κ1) is 21.5. The van der Waals surface area contributed by atoms with Crippen LogP contribution < -0.4 is 10.2 Å². The lowest BCUT2D eigenvalue weighted by molar-refractivity contribution is -0.189. The van der Waals surface area contributed by atoms with E-state index in [1.165, 1.54) is 0 Å². The van der Waals surface area contributed by atoms with Gasteiger partial charge in [-0.3, -0.25) is 0 Å². The second-order valence-corrected chi connectivity index (χ2v) is 7.25. The summed E-state index contributed by atoms with van der Waals surface area (Å²) >= 11 is 0. The topological polar surface area (TPSA) is 54.0 Å². The minimum atomic E-state index is -4.67. The summed E-state index contributed by atoms with van der Waals surface area (Å²) in [6, 6.07) is 1.73. The van der Waals surface area contributed by atoms with E-state index < -0.39 is 53.7 Å². The molecule has 0 aromatic heterocycles. The quantitative estimate of drug-likeness (QED) is 0.448. The summed E-state index contributed by atoms with van der Waals surface area (Å²) in [6.45, 7) is 7.76. The molecule has 150 valence electrons. The Balaban J connectivity index is 2.49. The van der Waals surface area contributed by atoms with E-state index in [9.17, 15) is 22.4 Å². The van der Waals surface area contributed by atoms with E-state index in [2.05, 4.69) is 4.74 Å². The maximum Gasteiger partial charge on any atom is 0.497 e. The van der Waals surface area contributed by atoms with Crippen molar-refractivity contribution in [3.05, 3.63) is 23.5 Å². The van der Waals surface area contributed by atoms with Gasteiger partial charge in [-0.25, -0.2) is 9.18 Å². The Labute approximate surface area is 155 Å². The van der Waals surface area contributed by atoms with Crippen molar-refractivity contribution < 1.29 is 41.1 Å². The molecule has 1 aliphatic heterocycles. The van der Waals surface area contributed by atoms with Crippen LogP contribution in [0.2, 0.25) is 0 Å². The number of hydrogen-bond donors (Lipinski definition) is 0. The summed E-state index contributed by atoms with van der Waals surface area (Å²) in [5.74, 6) is -2.39. The molecule has 1 fully saturated rings. The van der Waals surface area contributed by atoms with Crippen molar-refractivity contribution in [1.82, 2.24) is 0 Å². The molecule has 0 bridgehead atoms. The highest BCUT2D eigenvalue weighted by atomic mass is 19.4. The number of carbonyl (C=O) groups is 1. The predicted octanol–water partition coefficient (Wildman–Crippen LogP) is 3.24. The van der Waals surface area contributed by atoms with Gasteiger partial charge in [0.2, 0.25) is 0 Å². The monoisotopic (exact) mass is 392 g/mol. The number of benzene rings is 1. The average Bonchev–Trinajstić information content (AvgIpc) is 2.74. The van der Waals surface area contributed by atoms with Crippen LogP contribution in [0.25, 0.3) is 0 Å². The van der Waals surface area contributed by atoms with Gasteiger partial charge in [0.1, 0.15) is 17.1 Å². The summed E-state index contributed by atoms with van der Waals surface area (Å²) in [4.78, 5) is 11.8. The summed E-state index contributed by atoms with van der Waals surface area (Å²) in [5.41, 5.74) is -2.21. The standard InChI is InChI=1S/C17H21BF4O5/c1-9(17(20,21)22)25-13-8-11(12(19)7-10(13)14(23)24-6)18-26-15(2,3)16(4,5)27-18/h7-9H,1-6H3. The van der Waals surface area contributed by atoms with E-state index in [1.54, 1.807) is 27.7 Å². The smallest absolute Gasteiger partial charge is 0.480 e. The highest BCUT2D eigenvalue weighted by Gasteiger charge is 2.52. The van der Waals surface area contributed by atoms with Crippen LogP contribution in [0.15, 0.2) is 12.1 Å². The molecule has 1 aromatic rings. The summed E-state index contributed by atoms with van der Waals surface area (Å²) in [7, 11) is -0.149. The molecule has 1 atom stereocenters. The SMILES string of the molecule is COC(=O)c1cc(F)c(B2OC(C)(C)C(C)(C)O2)cc1OC(C)C(F)(F)F. The maximum absolute atomic E-state index is 14.6. The van der Waals surface area contributed by atoms with Gasteiger partial charge in [-0.15, -0.1) is 0 Å². The van der Waals surface area contributed by atoms with Gasteiger partial charge in [-0.2, -0.15) is 13.2 Å². The van der Waals surface area contributed by atoms with Gasteiger partial charge in [0.15, 0.2) is 6.10 Å². The number of alkyl halides is 3. The van der Waals surface area contributed by atoms with Crippen molar-refractivity contribution in [2.45, 2.75) is 58.1 Å². The maximum atomic E-state index is 14.6. The normalized spacial score (nSPS) is 19.7. The third-order valence-corrected chi connectivity index (χ3v) is 4.78. The Morgan fingerprint density at radius 2 is 1.67 bits per heavy atom. The fraction of sp³-hybridized carbons (Fsp3) is 0.588. The number of halogens is 4.